The Morgan fingerprint density at radius 3 is 2.68 bits per heavy atom. The molecule has 0 saturated heterocycles. The van der Waals surface area contributed by atoms with Gasteiger partial charge in [0.15, 0.2) is 14.8 Å². The number of benzene rings is 2. The van der Waals surface area contributed by atoms with Crippen molar-refractivity contribution in [3.8, 4) is 11.4 Å². The number of aromatic nitrogens is 3. The van der Waals surface area contributed by atoms with E-state index in [1.807, 2.05) is 54.6 Å². The van der Waals surface area contributed by atoms with Gasteiger partial charge in [-0.05, 0) is 42.0 Å². The van der Waals surface area contributed by atoms with E-state index in [9.17, 15) is 9.59 Å². The largest absolute Gasteiger partial charge is 0.497 e. The number of para-hydroxylation sites is 1. The fourth-order valence-corrected chi connectivity index (χ4v) is 4.85. The lowest BCUT2D eigenvalue weighted by atomic mass is 10.2. The van der Waals surface area contributed by atoms with Gasteiger partial charge in [-0.1, -0.05) is 53.4 Å². The number of rotatable bonds is 7. The number of carbonyl (C=O) groups is 1. The van der Waals surface area contributed by atoms with Crippen molar-refractivity contribution < 1.29 is 9.53 Å². The minimum Gasteiger partial charge on any atom is -0.497 e. The summed E-state index contributed by atoms with van der Waals surface area (Å²) in [4.78, 5) is 32.1. The van der Waals surface area contributed by atoms with Crippen molar-refractivity contribution in [3.63, 3.8) is 0 Å². The Balaban J connectivity index is 1.47. The van der Waals surface area contributed by atoms with Crippen LogP contribution in [0.5, 0.6) is 5.75 Å². The number of aromatic amines is 1. The van der Waals surface area contributed by atoms with Crippen LogP contribution in [-0.4, -0.2) is 33.3 Å². The molecule has 0 bridgehead atoms. The molecule has 0 unspecified atom stereocenters. The summed E-state index contributed by atoms with van der Waals surface area (Å²) in [6.45, 7) is 0.407. The minimum atomic E-state index is -0.267. The van der Waals surface area contributed by atoms with Crippen molar-refractivity contribution in [2.75, 3.05) is 12.9 Å². The van der Waals surface area contributed by atoms with E-state index in [1.54, 1.807) is 11.7 Å². The van der Waals surface area contributed by atoms with E-state index < -0.39 is 0 Å². The molecule has 2 aromatic carbocycles. The van der Waals surface area contributed by atoms with Crippen LogP contribution in [0.3, 0.4) is 0 Å². The van der Waals surface area contributed by atoms with E-state index >= 15 is 0 Å². The maximum atomic E-state index is 12.5. The second-order valence-corrected chi connectivity index (χ2v) is 9.08. The molecule has 0 atom stereocenters. The summed E-state index contributed by atoms with van der Waals surface area (Å²) in [6, 6.07) is 17.0. The van der Waals surface area contributed by atoms with Crippen LogP contribution in [0.2, 0.25) is 0 Å². The number of fused-ring (bicyclic) bond motifs is 1. The molecule has 0 aliphatic carbocycles. The van der Waals surface area contributed by atoms with Gasteiger partial charge >= 0.3 is 0 Å². The number of thiazole rings is 1. The number of carbonyl (C=O) groups excluding carboxylic acids is 1. The number of amides is 1. The summed E-state index contributed by atoms with van der Waals surface area (Å²) in [7, 11) is 1.61. The molecule has 31 heavy (non-hydrogen) atoms. The summed E-state index contributed by atoms with van der Waals surface area (Å²) in [5.74, 6) is 0.731. The predicted octanol–water partition coefficient (Wildman–Crippen LogP) is 3.92. The minimum absolute atomic E-state index is 0.126. The summed E-state index contributed by atoms with van der Waals surface area (Å²) in [5.41, 5.74) is 2.03. The highest BCUT2D eigenvalue weighted by Crippen LogP contribution is 2.24. The zero-order valence-electron chi connectivity index (χ0n) is 16.5. The lowest BCUT2D eigenvalue weighted by Crippen LogP contribution is -2.24. The lowest BCUT2D eigenvalue weighted by Gasteiger charge is -2.07. The van der Waals surface area contributed by atoms with E-state index in [4.69, 9.17) is 17.0 Å². The van der Waals surface area contributed by atoms with Crippen molar-refractivity contribution in [1.82, 2.24) is 19.9 Å². The molecule has 2 aromatic heterocycles. The number of nitrogens with one attached hydrogen (secondary N) is 2. The Labute approximate surface area is 191 Å². The average molecular weight is 471 g/mol. The van der Waals surface area contributed by atoms with Crippen molar-refractivity contribution in [2.45, 2.75) is 11.7 Å². The summed E-state index contributed by atoms with van der Waals surface area (Å²) >= 11 is 7.84. The van der Waals surface area contributed by atoms with Gasteiger partial charge in [-0.25, -0.2) is 4.98 Å². The fourth-order valence-electron chi connectivity index (χ4n) is 2.90. The maximum absolute atomic E-state index is 12.5. The Morgan fingerprint density at radius 2 is 1.97 bits per heavy atom. The molecular weight excluding hydrogens is 452 g/mol. The first kappa shape index (κ1) is 21.3. The van der Waals surface area contributed by atoms with Crippen LogP contribution >= 0.6 is 35.3 Å². The molecule has 4 rings (SSSR count). The molecule has 10 heteroatoms. The number of hydrogen-bond donors (Lipinski definition) is 2. The smallest absolute Gasteiger partial charge is 0.271 e. The average Bonchev–Trinajstić information content (AvgIpc) is 3.13. The molecule has 2 heterocycles. The van der Waals surface area contributed by atoms with Gasteiger partial charge in [0.2, 0.25) is 5.91 Å². The van der Waals surface area contributed by atoms with Gasteiger partial charge in [-0.15, -0.1) is 0 Å². The van der Waals surface area contributed by atoms with Crippen molar-refractivity contribution >= 4 is 51.6 Å². The first-order valence-corrected chi connectivity index (χ1v) is 11.5. The lowest BCUT2D eigenvalue weighted by molar-refractivity contribution is -0.118. The molecule has 0 aliphatic heterocycles. The molecule has 0 aliphatic rings. The third kappa shape index (κ3) is 4.87. The van der Waals surface area contributed by atoms with Crippen molar-refractivity contribution in [3.05, 3.63) is 74.5 Å². The topological polar surface area (TPSA) is 89.0 Å². The zero-order chi connectivity index (χ0) is 21.8. The molecule has 1 amide bonds. The molecule has 0 saturated carbocycles. The number of ether oxygens (including phenoxy) is 1. The van der Waals surface area contributed by atoms with Crippen molar-refractivity contribution in [2.24, 2.45) is 0 Å². The van der Waals surface area contributed by atoms with Gasteiger partial charge in [0.1, 0.15) is 10.4 Å². The summed E-state index contributed by atoms with van der Waals surface area (Å²) < 4.78 is 7.90. The number of nitrogens with zero attached hydrogens (tertiary/aromatic N) is 2. The van der Waals surface area contributed by atoms with E-state index in [0.717, 1.165) is 17.0 Å². The van der Waals surface area contributed by atoms with Gasteiger partial charge in [0.25, 0.3) is 5.56 Å². The maximum Gasteiger partial charge on any atom is 0.271 e. The number of methoxy groups -OCH3 is 1. The number of thioether (sulfide) groups is 1. The van der Waals surface area contributed by atoms with Gasteiger partial charge in [0, 0.05) is 12.2 Å². The van der Waals surface area contributed by atoms with Gasteiger partial charge in [-0.2, -0.15) is 0 Å². The first-order valence-electron chi connectivity index (χ1n) is 9.29. The van der Waals surface area contributed by atoms with Gasteiger partial charge < -0.3 is 15.0 Å². The molecule has 0 fully saturated rings. The quantitative estimate of drug-likeness (QED) is 0.242. The Morgan fingerprint density at radius 1 is 1.23 bits per heavy atom. The highest BCUT2D eigenvalue weighted by Gasteiger charge is 2.14. The van der Waals surface area contributed by atoms with E-state index in [2.05, 4.69) is 15.3 Å². The molecule has 2 N–H and O–H groups in total. The SMILES string of the molecule is COc1ccc(CNC(=O)CSc2nc3c(sc(=S)n3-c3ccccc3)c(=O)[nH]2)cc1. The molecule has 0 radical (unpaired) electrons. The number of H-pyrrole nitrogens is 1. The van der Waals surface area contributed by atoms with E-state index in [0.29, 0.717) is 26.0 Å². The van der Waals surface area contributed by atoms with Crippen molar-refractivity contribution in [1.29, 1.82) is 0 Å². The Kier molecular flexibility index (Phi) is 6.50. The van der Waals surface area contributed by atoms with Crippen LogP contribution in [0.15, 0.2) is 64.5 Å². The summed E-state index contributed by atoms with van der Waals surface area (Å²) in [5, 5.41) is 3.23. The predicted molar refractivity (Wildman–Crippen MR) is 126 cm³/mol. The third-order valence-corrected chi connectivity index (χ3v) is 6.66. The van der Waals surface area contributed by atoms with Gasteiger partial charge in [0.05, 0.1) is 12.9 Å². The van der Waals surface area contributed by atoms with E-state index in [-0.39, 0.29) is 17.2 Å². The normalized spacial score (nSPS) is 10.9. The van der Waals surface area contributed by atoms with Crippen LogP contribution in [0.25, 0.3) is 16.0 Å². The third-order valence-electron chi connectivity index (χ3n) is 4.42. The second-order valence-electron chi connectivity index (χ2n) is 6.48. The van der Waals surface area contributed by atoms with Gasteiger partial charge in [-0.3, -0.25) is 14.2 Å². The molecule has 4 aromatic rings. The van der Waals surface area contributed by atoms with E-state index in [1.165, 1.54) is 23.1 Å². The molecule has 158 valence electrons. The Hall–Kier alpha value is -2.95. The molecule has 0 spiro atoms. The van der Waals surface area contributed by atoms with Crippen LogP contribution in [0, 0.1) is 3.95 Å². The highest BCUT2D eigenvalue weighted by molar-refractivity contribution is 7.99. The van der Waals surface area contributed by atoms with Crippen LogP contribution < -0.4 is 15.6 Å². The van der Waals surface area contributed by atoms with Crippen LogP contribution in [0.4, 0.5) is 0 Å². The zero-order valence-corrected chi connectivity index (χ0v) is 18.9. The monoisotopic (exact) mass is 470 g/mol. The Bertz CT molecular complexity index is 1330. The second kappa shape index (κ2) is 9.46. The van der Waals surface area contributed by atoms with Crippen LogP contribution in [0.1, 0.15) is 5.56 Å². The first-order chi connectivity index (χ1) is 15.0. The standard InChI is InChI=1S/C21H18N4O3S3/c1-28-15-9-7-13(8-10-15)11-22-16(26)12-30-20-23-18-17(19(27)24-20)31-21(29)25(18)14-5-3-2-4-6-14/h2-10H,11-12H2,1H3,(H,22,26)(H,23,24,27). The molecule has 7 nitrogen and oxygen atoms in total. The summed E-state index contributed by atoms with van der Waals surface area (Å²) in [6.07, 6.45) is 0. The highest BCUT2D eigenvalue weighted by atomic mass is 32.2. The van der Waals surface area contributed by atoms with Crippen LogP contribution in [-0.2, 0) is 11.3 Å². The molecular formula is C21H18N4O3S3. The fraction of sp³-hybridized carbons (Fsp3) is 0.143. The number of hydrogen-bond acceptors (Lipinski definition) is 7.